The van der Waals surface area contributed by atoms with Gasteiger partial charge in [0.15, 0.2) is 0 Å². The Kier molecular flexibility index (Phi) is 4.39. The van der Waals surface area contributed by atoms with E-state index < -0.39 is 17.3 Å². The Balaban J connectivity index is 1.63. The average Bonchev–Trinajstić information content (AvgIpc) is 3.11. The molecule has 4 aliphatic rings. The van der Waals surface area contributed by atoms with Gasteiger partial charge in [0.2, 0.25) is 11.8 Å². The van der Waals surface area contributed by atoms with Gasteiger partial charge in [0.05, 0.1) is 36.1 Å². The molecule has 3 aromatic carbocycles. The molecule has 0 spiro atoms. The lowest BCUT2D eigenvalue weighted by Gasteiger charge is -2.52. The predicted molar refractivity (Wildman–Crippen MR) is 127 cm³/mol. The molecule has 1 aliphatic heterocycles. The third kappa shape index (κ3) is 2.54. The van der Waals surface area contributed by atoms with Gasteiger partial charge in [-0.3, -0.25) is 14.6 Å². The van der Waals surface area contributed by atoms with Gasteiger partial charge in [0, 0.05) is 12.1 Å². The van der Waals surface area contributed by atoms with E-state index in [0.717, 1.165) is 27.8 Å². The van der Waals surface area contributed by atoms with Crippen LogP contribution in [0.2, 0.25) is 0 Å². The molecule has 3 aliphatic carbocycles. The van der Waals surface area contributed by atoms with Crippen molar-refractivity contribution in [1.82, 2.24) is 0 Å². The molecule has 1 fully saturated rings. The van der Waals surface area contributed by atoms with Crippen molar-refractivity contribution in [1.29, 1.82) is 0 Å². The number of aliphatic hydroxyl groups is 1. The lowest BCUT2D eigenvalue weighted by atomic mass is 9.47. The Labute approximate surface area is 192 Å². The molecule has 2 atom stereocenters. The minimum absolute atomic E-state index is 0.0744. The van der Waals surface area contributed by atoms with Crippen molar-refractivity contribution in [2.24, 2.45) is 16.8 Å². The first-order valence-electron chi connectivity index (χ1n) is 11.3. The van der Waals surface area contributed by atoms with E-state index in [2.05, 4.69) is 29.3 Å². The van der Waals surface area contributed by atoms with E-state index in [1.807, 2.05) is 61.7 Å². The van der Waals surface area contributed by atoms with Crippen molar-refractivity contribution < 1.29 is 14.7 Å². The van der Waals surface area contributed by atoms with Crippen LogP contribution in [-0.4, -0.2) is 36.3 Å². The number of hydrogen-bond acceptors (Lipinski definition) is 4. The molecular weight excluding hydrogens is 412 g/mol. The summed E-state index contributed by atoms with van der Waals surface area (Å²) in [7, 11) is 0. The molecule has 0 saturated carbocycles. The molecule has 0 radical (unpaired) electrons. The molecular formula is C28H24N2O3. The number of rotatable bonds is 4. The Morgan fingerprint density at radius 3 is 2.12 bits per heavy atom. The van der Waals surface area contributed by atoms with Gasteiger partial charge in [-0.15, -0.1) is 0 Å². The summed E-state index contributed by atoms with van der Waals surface area (Å²) in [5, 5.41) is 9.40. The number of aliphatic hydroxyl groups excluding tert-OH is 1. The number of hydrogen-bond donors (Lipinski definition) is 1. The molecule has 2 bridgehead atoms. The maximum atomic E-state index is 14.1. The first kappa shape index (κ1) is 20.1. The number of nitrogens with zero attached hydrogens (tertiary/aromatic N) is 2. The largest absolute Gasteiger partial charge is 0.394 e. The summed E-state index contributed by atoms with van der Waals surface area (Å²) in [6, 6.07) is 23.8. The highest BCUT2D eigenvalue weighted by atomic mass is 16.3. The van der Waals surface area contributed by atoms with E-state index >= 15 is 0 Å². The van der Waals surface area contributed by atoms with Crippen LogP contribution in [0.1, 0.15) is 33.7 Å². The van der Waals surface area contributed by atoms with Crippen molar-refractivity contribution in [2.45, 2.75) is 18.3 Å². The number of benzene rings is 3. The van der Waals surface area contributed by atoms with Crippen LogP contribution in [0.3, 0.4) is 0 Å². The molecule has 2 amide bonds. The summed E-state index contributed by atoms with van der Waals surface area (Å²) in [6.45, 7) is 2.16. The number of carbonyl (C=O) groups is 2. The van der Waals surface area contributed by atoms with E-state index in [-0.39, 0.29) is 30.9 Å². The van der Waals surface area contributed by atoms with Gasteiger partial charge >= 0.3 is 0 Å². The smallest absolute Gasteiger partial charge is 0.239 e. The fourth-order valence-corrected chi connectivity index (χ4v) is 6.26. The predicted octanol–water partition coefficient (Wildman–Crippen LogP) is 3.61. The number of amides is 2. The fraction of sp³-hybridized carbons (Fsp3) is 0.250. The van der Waals surface area contributed by atoms with Gasteiger partial charge in [-0.1, -0.05) is 66.2 Å². The molecule has 3 aromatic rings. The summed E-state index contributed by atoms with van der Waals surface area (Å²) in [5.41, 5.74) is 5.06. The molecule has 2 unspecified atom stereocenters. The van der Waals surface area contributed by atoms with E-state index in [4.69, 9.17) is 0 Å². The van der Waals surface area contributed by atoms with E-state index in [1.54, 1.807) is 0 Å². The number of aliphatic imine (C=N–C) groups is 1. The molecule has 0 aromatic heterocycles. The number of carbonyl (C=O) groups excluding carboxylic acids is 2. The second-order valence-corrected chi connectivity index (χ2v) is 9.13. The van der Waals surface area contributed by atoms with Crippen LogP contribution in [0.25, 0.3) is 0 Å². The zero-order chi connectivity index (χ0) is 22.7. The van der Waals surface area contributed by atoms with Crippen molar-refractivity contribution in [3.63, 3.8) is 0 Å². The third-order valence-corrected chi connectivity index (χ3v) is 7.50. The van der Waals surface area contributed by atoms with Gasteiger partial charge in [-0.05, 0) is 41.3 Å². The van der Waals surface area contributed by atoms with Gasteiger partial charge in [-0.25, -0.2) is 4.90 Å². The normalized spacial score (nSPS) is 27.1. The van der Waals surface area contributed by atoms with Crippen LogP contribution in [0.15, 0.2) is 77.8 Å². The van der Waals surface area contributed by atoms with E-state index in [1.165, 1.54) is 4.90 Å². The van der Waals surface area contributed by atoms with Crippen LogP contribution >= 0.6 is 0 Å². The first-order chi connectivity index (χ1) is 16.1. The van der Waals surface area contributed by atoms with Gasteiger partial charge in [0.25, 0.3) is 0 Å². The topological polar surface area (TPSA) is 70.0 Å². The van der Waals surface area contributed by atoms with E-state index in [9.17, 15) is 14.7 Å². The molecule has 164 valence electrons. The maximum absolute atomic E-state index is 14.1. The third-order valence-electron chi connectivity index (χ3n) is 7.50. The molecule has 5 heteroatoms. The van der Waals surface area contributed by atoms with Gasteiger partial charge < -0.3 is 5.11 Å². The highest BCUT2D eigenvalue weighted by Gasteiger charge is 2.67. The maximum Gasteiger partial charge on any atom is 0.239 e. The highest BCUT2D eigenvalue weighted by molar-refractivity contribution is 6.25. The minimum Gasteiger partial charge on any atom is -0.394 e. The monoisotopic (exact) mass is 436 g/mol. The SMILES string of the molecule is Cc1ccc(N2C(=O)C3C4c5ccccc5C(C=NCCO)(c5ccccc54)C3C2=O)cc1. The number of anilines is 1. The zero-order valence-corrected chi connectivity index (χ0v) is 18.3. The second-order valence-electron chi connectivity index (χ2n) is 9.13. The Morgan fingerprint density at radius 1 is 0.909 bits per heavy atom. The summed E-state index contributed by atoms with van der Waals surface area (Å²) < 4.78 is 0. The van der Waals surface area contributed by atoms with Crippen LogP contribution in [0.5, 0.6) is 0 Å². The van der Waals surface area contributed by atoms with Crippen molar-refractivity contribution in [2.75, 3.05) is 18.1 Å². The van der Waals surface area contributed by atoms with E-state index in [0.29, 0.717) is 5.69 Å². The van der Waals surface area contributed by atoms with Crippen molar-refractivity contribution >= 4 is 23.7 Å². The molecule has 5 nitrogen and oxygen atoms in total. The number of imide groups is 1. The number of aryl methyl sites for hydroxylation is 1. The Morgan fingerprint density at radius 2 is 1.52 bits per heavy atom. The quantitative estimate of drug-likeness (QED) is 0.502. The summed E-state index contributed by atoms with van der Waals surface area (Å²) in [6.07, 6.45) is 1.83. The van der Waals surface area contributed by atoms with Gasteiger partial charge in [0.1, 0.15) is 0 Å². The summed E-state index contributed by atoms with van der Waals surface area (Å²) in [5.74, 6) is -1.59. The fourth-order valence-electron chi connectivity index (χ4n) is 6.26. The summed E-state index contributed by atoms with van der Waals surface area (Å²) >= 11 is 0. The lowest BCUT2D eigenvalue weighted by molar-refractivity contribution is -0.122. The lowest BCUT2D eigenvalue weighted by Crippen LogP contribution is -2.54. The Hall–Kier alpha value is -3.57. The molecule has 33 heavy (non-hydrogen) atoms. The minimum atomic E-state index is -0.853. The average molecular weight is 437 g/mol. The zero-order valence-electron chi connectivity index (χ0n) is 18.3. The summed E-state index contributed by atoms with van der Waals surface area (Å²) in [4.78, 5) is 33.9. The first-order valence-corrected chi connectivity index (χ1v) is 11.3. The van der Waals surface area contributed by atoms with Crippen LogP contribution in [-0.2, 0) is 15.0 Å². The standard InChI is InChI=1S/C28H24N2O3/c1-17-10-12-18(13-11-17)30-26(32)24-23-19-6-2-4-8-21(19)28(16-29-14-15-31,25(24)27(30)33)22-9-5-3-7-20(22)23/h2-13,16,23-25,31H,14-15H2,1H3. The molecule has 1 saturated heterocycles. The van der Waals surface area contributed by atoms with Crippen LogP contribution in [0.4, 0.5) is 5.69 Å². The Bertz CT molecular complexity index is 1260. The van der Waals surface area contributed by atoms with Crippen molar-refractivity contribution in [3.8, 4) is 0 Å². The second kappa shape index (κ2) is 7.22. The van der Waals surface area contributed by atoms with Gasteiger partial charge in [-0.2, -0.15) is 0 Å². The van der Waals surface area contributed by atoms with Crippen LogP contribution in [0, 0.1) is 18.8 Å². The molecule has 7 rings (SSSR count). The van der Waals surface area contributed by atoms with Crippen LogP contribution < -0.4 is 4.90 Å². The molecule has 1 N–H and O–H groups in total. The highest BCUT2D eigenvalue weighted by Crippen LogP contribution is 2.63. The molecule has 1 heterocycles. The van der Waals surface area contributed by atoms with Crippen molar-refractivity contribution in [3.05, 3.63) is 101 Å².